The van der Waals surface area contributed by atoms with Gasteiger partial charge in [-0.15, -0.1) is 0 Å². The van der Waals surface area contributed by atoms with E-state index in [2.05, 4.69) is 182 Å². The molecule has 1 heterocycles. The summed E-state index contributed by atoms with van der Waals surface area (Å²) in [6.45, 7) is 0. The lowest BCUT2D eigenvalue weighted by atomic mass is 9.85. The Hall–Kier alpha value is -6.96. The standard InChI is InChI=1S/C52H32O/c1-2-12-34-29-36(24-23-33(34)11-1)35-13-9-14-40(31-35)50-44-16-3-5-18-46(44)51(47-19-6-4-17-45(47)50)41-28-26-37-30-39(27-25-38(37)32-41)42-20-10-21-48-43-15-7-8-22-49(43)53-52(42)48/h1-32H. The van der Waals surface area contributed by atoms with Crippen LogP contribution in [0.5, 0.6) is 0 Å². The molecule has 0 aliphatic rings. The predicted octanol–water partition coefficient (Wildman–Crippen LogP) is 14.9. The van der Waals surface area contributed by atoms with Crippen molar-refractivity contribution < 1.29 is 4.42 Å². The summed E-state index contributed by atoms with van der Waals surface area (Å²) in [5, 5.41) is 12.2. The van der Waals surface area contributed by atoms with E-state index in [1.165, 1.54) is 76.5 Å². The molecule has 0 aliphatic carbocycles. The van der Waals surface area contributed by atoms with Crippen LogP contribution in [0.15, 0.2) is 199 Å². The van der Waals surface area contributed by atoms with Crippen molar-refractivity contribution in [2.24, 2.45) is 0 Å². The summed E-state index contributed by atoms with van der Waals surface area (Å²) in [5.41, 5.74) is 11.5. The highest BCUT2D eigenvalue weighted by molar-refractivity contribution is 6.22. The van der Waals surface area contributed by atoms with Gasteiger partial charge in [0.2, 0.25) is 0 Å². The molecule has 1 nitrogen and oxygen atoms in total. The first-order valence-electron chi connectivity index (χ1n) is 18.2. The Kier molecular flexibility index (Phi) is 6.62. The van der Waals surface area contributed by atoms with Crippen LogP contribution in [0.3, 0.4) is 0 Å². The van der Waals surface area contributed by atoms with Crippen LogP contribution >= 0.6 is 0 Å². The molecular weight excluding hydrogens is 641 g/mol. The van der Waals surface area contributed by atoms with Gasteiger partial charge in [-0.05, 0) is 112 Å². The van der Waals surface area contributed by atoms with Gasteiger partial charge in [-0.2, -0.15) is 0 Å². The van der Waals surface area contributed by atoms with Crippen molar-refractivity contribution in [1.82, 2.24) is 0 Å². The Balaban J connectivity index is 1.06. The third kappa shape index (κ3) is 4.79. The van der Waals surface area contributed by atoms with Crippen molar-refractivity contribution in [3.63, 3.8) is 0 Å². The molecule has 10 aromatic carbocycles. The van der Waals surface area contributed by atoms with Crippen molar-refractivity contribution in [3.8, 4) is 44.5 Å². The normalized spacial score (nSPS) is 11.8. The molecule has 11 rings (SSSR count). The molecule has 1 aromatic heterocycles. The topological polar surface area (TPSA) is 13.1 Å². The Morgan fingerprint density at radius 2 is 0.717 bits per heavy atom. The van der Waals surface area contributed by atoms with E-state index in [-0.39, 0.29) is 0 Å². The molecule has 53 heavy (non-hydrogen) atoms. The highest BCUT2D eigenvalue weighted by atomic mass is 16.3. The van der Waals surface area contributed by atoms with Crippen LogP contribution in [0.4, 0.5) is 0 Å². The first-order chi connectivity index (χ1) is 26.3. The number of furan rings is 1. The lowest BCUT2D eigenvalue weighted by molar-refractivity contribution is 0.670. The monoisotopic (exact) mass is 672 g/mol. The Labute approximate surface area is 307 Å². The van der Waals surface area contributed by atoms with Gasteiger partial charge < -0.3 is 4.42 Å². The average molecular weight is 673 g/mol. The van der Waals surface area contributed by atoms with Crippen molar-refractivity contribution in [2.75, 3.05) is 0 Å². The molecule has 246 valence electrons. The average Bonchev–Trinajstić information content (AvgIpc) is 3.61. The number of hydrogen-bond acceptors (Lipinski definition) is 1. The van der Waals surface area contributed by atoms with Crippen LogP contribution in [0.2, 0.25) is 0 Å². The molecule has 0 bridgehead atoms. The fourth-order valence-corrected chi connectivity index (χ4v) is 8.52. The second kappa shape index (κ2) is 11.8. The van der Waals surface area contributed by atoms with Crippen LogP contribution in [0.25, 0.3) is 110 Å². The smallest absolute Gasteiger partial charge is 0.143 e. The summed E-state index contributed by atoms with van der Waals surface area (Å²) in [4.78, 5) is 0. The fraction of sp³-hybridized carbons (Fsp3) is 0. The van der Waals surface area contributed by atoms with Crippen molar-refractivity contribution >= 4 is 65.0 Å². The van der Waals surface area contributed by atoms with Crippen molar-refractivity contribution in [3.05, 3.63) is 194 Å². The van der Waals surface area contributed by atoms with Gasteiger partial charge in [0.05, 0.1) is 0 Å². The fourth-order valence-electron chi connectivity index (χ4n) is 8.52. The molecule has 0 spiro atoms. The summed E-state index contributed by atoms with van der Waals surface area (Å²) in [7, 11) is 0. The van der Waals surface area contributed by atoms with E-state index in [1.807, 2.05) is 12.1 Å². The van der Waals surface area contributed by atoms with Gasteiger partial charge in [-0.25, -0.2) is 0 Å². The quantitative estimate of drug-likeness (QED) is 0.170. The molecule has 0 aliphatic heterocycles. The third-order valence-corrected chi connectivity index (χ3v) is 11.0. The summed E-state index contributed by atoms with van der Waals surface area (Å²) in [5.74, 6) is 0. The zero-order valence-electron chi connectivity index (χ0n) is 28.9. The lowest BCUT2D eigenvalue weighted by Crippen LogP contribution is -1.91. The van der Waals surface area contributed by atoms with Crippen LogP contribution < -0.4 is 0 Å². The van der Waals surface area contributed by atoms with Crippen LogP contribution in [0.1, 0.15) is 0 Å². The zero-order valence-corrected chi connectivity index (χ0v) is 28.9. The van der Waals surface area contributed by atoms with E-state index < -0.39 is 0 Å². The summed E-state index contributed by atoms with van der Waals surface area (Å²) in [6.07, 6.45) is 0. The second-order valence-corrected chi connectivity index (χ2v) is 14.0. The molecule has 0 saturated heterocycles. The van der Waals surface area contributed by atoms with E-state index in [9.17, 15) is 0 Å². The summed E-state index contributed by atoms with van der Waals surface area (Å²) >= 11 is 0. The number of fused-ring (bicyclic) bond motifs is 7. The maximum atomic E-state index is 6.39. The molecule has 0 saturated carbocycles. The summed E-state index contributed by atoms with van der Waals surface area (Å²) < 4.78 is 6.39. The van der Waals surface area contributed by atoms with Gasteiger partial charge >= 0.3 is 0 Å². The molecule has 0 atom stereocenters. The molecule has 11 aromatic rings. The lowest BCUT2D eigenvalue weighted by Gasteiger charge is -2.18. The molecule has 0 amide bonds. The second-order valence-electron chi connectivity index (χ2n) is 14.0. The first-order valence-corrected chi connectivity index (χ1v) is 18.2. The maximum absolute atomic E-state index is 6.39. The largest absolute Gasteiger partial charge is 0.455 e. The minimum Gasteiger partial charge on any atom is -0.455 e. The minimum absolute atomic E-state index is 0.920. The Morgan fingerprint density at radius 3 is 1.45 bits per heavy atom. The van der Waals surface area contributed by atoms with Crippen LogP contribution in [-0.2, 0) is 0 Å². The molecule has 0 radical (unpaired) electrons. The van der Waals surface area contributed by atoms with Crippen LogP contribution in [0, 0.1) is 0 Å². The number of benzene rings is 10. The highest BCUT2D eigenvalue weighted by Crippen LogP contribution is 2.45. The SMILES string of the molecule is c1cc(-c2ccc3ccccc3c2)cc(-c2c3ccccc3c(-c3ccc4cc(-c5cccc6c5oc5ccccc56)ccc4c3)c3ccccc23)c1. The minimum atomic E-state index is 0.920. The van der Waals surface area contributed by atoms with Gasteiger partial charge in [-0.3, -0.25) is 0 Å². The number of rotatable bonds is 4. The molecule has 0 fully saturated rings. The molecular formula is C52H32O. The molecule has 0 N–H and O–H groups in total. The van der Waals surface area contributed by atoms with E-state index >= 15 is 0 Å². The Bertz CT molecular complexity index is 3180. The zero-order chi connectivity index (χ0) is 34.9. The first kappa shape index (κ1) is 29.7. The maximum Gasteiger partial charge on any atom is 0.143 e. The van der Waals surface area contributed by atoms with Gasteiger partial charge in [0.1, 0.15) is 11.2 Å². The van der Waals surface area contributed by atoms with E-state index in [0.29, 0.717) is 0 Å². The van der Waals surface area contributed by atoms with Gasteiger partial charge in [0.15, 0.2) is 0 Å². The molecule has 1 heteroatoms. The Morgan fingerprint density at radius 1 is 0.264 bits per heavy atom. The molecule has 0 unspecified atom stereocenters. The van der Waals surface area contributed by atoms with Crippen molar-refractivity contribution in [2.45, 2.75) is 0 Å². The van der Waals surface area contributed by atoms with E-state index in [4.69, 9.17) is 4.42 Å². The van der Waals surface area contributed by atoms with E-state index in [1.54, 1.807) is 0 Å². The predicted molar refractivity (Wildman–Crippen MR) is 225 cm³/mol. The van der Waals surface area contributed by atoms with Gasteiger partial charge in [0, 0.05) is 16.3 Å². The van der Waals surface area contributed by atoms with Crippen LogP contribution in [-0.4, -0.2) is 0 Å². The van der Waals surface area contributed by atoms with Crippen molar-refractivity contribution in [1.29, 1.82) is 0 Å². The van der Waals surface area contributed by atoms with Gasteiger partial charge in [0.25, 0.3) is 0 Å². The summed E-state index contributed by atoms with van der Waals surface area (Å²) in [6, 6.07) is 70.6. The van der Waals surface area contributed by atoms with E-state index in [0.717, 1.165) is 33.1 Å². The highest BCUT2D eigenvalue weighted by Gasteiger charge is 2.18. The number of para-hydroxylation sites is 2. The third-order valence-electron chi connectivity index (χ3n) is 11.0. The number of hydrogen-bond donors (Lipinski definition) is 0. The van der Waals surface area contributed by atoms with Gasteiger partial charge in [-0.1, -0.05) is 164 Å².